The zero-order valence-corrected chi connectivity index (χ0v) is 12.8. The molecule has 0 bridgehead atoms. The number of hydrogen-bond acceptors (Lipinski definition) is 2. The summed E-state index contributed by atoms with van der Waals surface area (Å²) in [4.78, 5) is 22.7. The van der Waals surface area contributed by atoms with Crippen LogP contribution in [0.5, 0.6) is 0 Å². The molecule has 0 aliphatic rings. The highest BCUT2D eigenvalue weighted by atomic mass is 19.1. The molecule has 0 radical (unpaired) electrons. The highest BCUT2D eigenvalue weighted by Crippen LogP contribution is 2.21. The molecule has 0 aliphatic heterocycles. The van der Waals surface area contributed by atoms with Crippen molar-refractivity contribution in [1.82, 2.24) is 0 Å². The van der Waals surface area contributed by atoms with Crippen LogP contribution >= 0.6 is 0 Å². The van der Waals surface area contributed by atoms with Crippen LogP contribution in [0.15, 0.2) is 48.5 Å². The number of benzene rings is 2. The third-order valence-electron chi connectivity index (χ3n) is 3.61. The normalized spacial score (nSPS) is 11.7. The van der Waals surface area contributed by atoms with Gasteiger partial charge in [-0.15, -0.1) is 0 Å². The van der Waals surface area contributed by atoms with Gasteiger partial charge >= 0.3 is 5.97 Å². The molecule has 0 saturated carbocycles. The predicted octanol–water partition coefficient (Wildman–Crippen LogP) is 3.59. The smallest absolute Gasteiger partial charge is 0.303 e. The van der Waals surface area contributed by atoms with Gasteiger partial charge in [0.25, 0.3) is 0 Å². The Hall–Kier alpha value is -2.69. The number of carboxylic acid groups (broad SMARTS) is 1. The predicted molar refractivity (Wildman–Crippen MR) is 85.8 cm³/mol. The van der Waals surface area contributed by atoms with Gasteiger partial charge < -0.3 is 10.4 Å². The molecule has 1 amide bonds. The van der Waals surface area contributed by atoms with Crippen molar-refractivity contribution in [2.24, 2.45) is 0 Å². The fourth-order valence-electron chi connectivity index (χ4n) is 2.22. The van der Waals surface area contributed by atoms with Crippen molar-refractivity contribution in [2.75, 3.05) is 5.32 Å². The number of carbonyl (C=O) groups excluding carboxylic acids is 1. The molecule has 0 aromatic heterocycles. The number of carboxylic acids is 1. The van der Waals surface area contributed by atoms with Gasteiger partial charge in [0.15, 0.2) is 0 Å². The number of nitrogens with one attached hydrogen (secondary N) is 1. The molecule has 4 nitrogen and oxygen atoms in total. The number of anilines is 1. The summed E-state index contributed by atoms with van der Waals surface area (Å²) in [5.74, 6) is -2.16. The molecule has 0 aliphatic carbocycles. The lowest BCUT2D eigenvalue weighted by Crippen LogP contribution is -2.19. The average molecular weight is 315 g/mol. The van der Waals surface area contributed by atoms with E-state index in [0.717, 1.165) is 5.56 Å². The zero-order chi connectivity index (χ0) is 16.8. The van der Waals surface area contributed by atoms with Gasteiger partial charge in [-0.3, -0.25) is 9.59 Å². The van der Waals surface area contributed by atoms with Gasteiger partial charge in [-0.05, 0) is 42.7 Å². The Morgan fingerprint density at radius 1 is 1.13 bits per heavy atom. The first-order valence-electron chi connectivity index (χ1n) is 7.33. The van der Waals surface area contributed by atoms with Crippen LogP contribution in [0.25, 0.3) is 0 Å². The number of aliphatic carboxylic acids is 1. The third kappa shape index (κ3) is 4.64. The maximum atomic E-state index is 13.7. The fraction of sp³-hybridized carbons (Fsp3) is 0.222. The van der Waals surface area contributed by atoms with Gasteiger partial charge in [0.2, 0.25) is 5.91 Å². The van der Waals surface area contributed by atoms with Crippen LogP contribution in [-0.2, 0) is 16.0 Å². The Balaban J connectivity index is 2.00. The second-order valence-electron chi connectivity index (χ2n) is 5.32. The van der Waals surface area contributed by atoms with Crippen molar-refractivity contribution in [3.05, 3.63) is 65.5 Å². The standard InChI is InChI=1S/C18H18FNO3/c1-12(15-4-2-3-5-16(15)19)18(23)20-14-9-6-13(7-10-14)8-11-17(21)22/h2-7,9-10,12H,8,11H2,1H3,(H,20,23)(H,21,22)/t12-/m1/s1. The van der Waals surface area contributed by atoms with Gasteiger partial charge in [0.1, 0.15) is 5.82 Å². The molecule has 1 atom stereocenters. The van der Waals surface area contributed by atoms with Crippen molar-refractivity contribution in [2.45, 2.75) is 25.7 Å². The number of rotatable bonds is 6. The van der Waals surface area contributed by atoms with Crippen LogP contribution in [0.4, 0.5) is 10.1 Å². The van der Waals surface area contributed by atoms with Crippen LogP contribution in [0, 0.1) is 5.82 Å². The van der Waals surface area contributed by atoms with Crippen LogP contribution in [-0.4, -0.2) is 17.0 Å². The first-order chi connectivity index (χ1) is 11.0. The van der Waals surface area contributed by atoms with E-state index in [1.807, 2.05) is 0 Å². The first kappa shape index (κ1) is 16.7. The number of aryl methyl sites for hydroxylation is 1. The summed E-state index contributed by atoms with van der Waals surface area (Å²) in [5, 5.41) is 11.4. The first-order valence-corrected chi connectivity index (χ1v) is 7.33. The lowest BCUT2D eigenvalue weighted by Gasteiger charge is -2.13. The zero-order valence-electron chi connectivity index (χ0n) is 12.8. The van der Waals surface area contributed by atoms with E-state index in [0.29, 0.717) is 17.7 Å². The Bertz CT molecular complexity index is 698. The molecular formula is C18H18FNO3. The Kier molecular flexibility index (Phi) is 5.46. The molecule has 0 unspecified atom stereocenters. The summed E-state index contributed by atoms with van der Waals surface area (Å²) < 4.78 is 13.7. The number of amides is 1. The summed E-state index contributed by atoms with van der Waals surface area (Å²) in [7, 11) is 0. The highest BCUT2D eigenvalue weighted by molar-refractivity contribution is 5.95. The topological polar surface area (TPSA) is 66.4 Å². The van der Waals surface area contributed by atoms with E-state index in [-0.39, 0.29) is 12.3 Å². The van der Waals surface area contributed by atoms with E-state index in [1.165, 1.54) is 6.07 Å². The minimum Gasteiger partial charge on any atom is -0.481 e. The van der Waals surface area contributed by atoms with Crippen molar-refractivity contribution in [3.63, 3.8) is 0 Å². The molecular weight excluding hydrogens is 297 g/mol. The summed E-state index contributed by atoms with van der Waals surface area (Å²) in [5.41, 5.74) is 1.83. The Morgan fingerprint density at radius 2 is 1.78 bits per heavy atom. The minimum absolute atomic E-state index is 0.0655. The Morgan fingerprint density at radius 3 is 2.39 bits per heavy atom. The molecule has 2 N–H and O–H groups in total. The third-order valence-corrected chi connectivity index (χ3v) is 3.61. The average Bonchev–Trinajstić information content (AvgIpc) is 2.54. The molecule has 23 heavy (non-hydrogen) atoms. The fourth-order valence-corrected chi connectivity index (χ4v) is 2.22. The summed E-state index contributed by atoms with van der Waals surface area (Å²) >= 11 is 0. The van der Waals surface area contributed by atoms with Crippen molar-refractivity contribution < 1.29 is 19.1 Å². The largest absolute Gasteiger partial charge is 0.481 e. The molecule has 2 aromatic rings. The van der Waals surface area contributed by atoms with E-state index in [1.54, 1.807) is 49.4 Å². The molecule has 0 saturated heterocycles. The summed E-state index contributed by atoms with van der Waals surface area (Å²) in [6.07, 6.45) is 0.505. The van der Waals surface area contributed by atoms with E-state index >= 15 is 0 Å². The lowest BCUT2D eigenvalue weighted by molar-refractivity contribution is -0.137. The molecule has 120 valence electrons. The minimum atomic E-state index is -0.846. The van der Waals surface area contributed by atoms with Gasteiger partial charge in [-0.25, -0.2) is 4.39 Å². The summed E-state index contributed by atoms with van der Waals surface area (Å²) in [6.45, 7) is 1.65. The number of carbonyl (C=O) groups is 2. The SMILES string of the molecule is C[C@@H](C(=O)Nc1ccc(CCC(=O)O)cc1)c1ccccc1F. The second-order valence-corrected chi connectivity index (χ2v) is 5.32. The molecule has 5 heteroatoms. The number of hydrogen-bond donors (Lipinski definition) is 2. The molecule has 0 heterocycles. The van der Waals surface area contributed by atoms with E-state index in [2.05, 4.69) is 5.32 Å². The van der Waals surface area contributed by atoms with Gasteiger partial charge in [0.05, 0.1) is 5.92 Å². The molecule has 0 fully saturated rings. The van der Waals surface area contributed by atoms with Crippen molar-refractivity contribution in [3.8, 4) is 0 Å². The van der Waals surface area contributed by atoms with Gasteiger partial charge in [0, 0.05) is 12.1 Å². The van der Waals surface area contributed by atoms with Crippen LogP contribution < -0.4 is 5.32 Å². The maximum absolute atomic E-state index is 13.7. The molecule has 2 aromatic carbocycles. The number of halogens is 1. The quantitative estimate of drug-likeness (QED) is 0.856. The van der Waals surface area contributed by atoms with E-state index in [9.17, 15) is 14.0 Å². The summed E-state index contributed by atoms with van der Waals surface area (Å²) in [6, 6.07) is 13.2. The van der Waals surface area contributed by atoms with E-state index < -0.39 is 17.7 Å². The molecule has 2 rings (SSSR count). The van der Waals surface area contributed by atoms with Crippen molar-refractivity contribution >= 4 is 17.6 Å². The van der Waals surface area contributed by atoms with Crippen LogP contribution in [0.1, 0.15) is 30.4 Å². The van der Waals surface area contributed by atoms with Gasteiger partial charge in [-0.2, -0.15) is 0 Å². The van der Waals surface area contributed by atoms with Crippen molar-refractivity contribution in [1.29, 1.82) is 0 Å². The second kappa shape index (κ2) is 7.54. The molecule has 0 spiro atoms. The van der Waals surface area contributed by atoms with Crippen LogP contribution in [0.3, 0.4) is 0 Å². The maximum Gasteiger partial charge on any atom is 0.303 e. The monoisotopic (exact) mass is 315 g/mol. The Labute approximate surface area is 134 Å². The van der Waals surface area contributed by atoms with Gasteiger partial charge in [-0.1, -0.05) is 30.3 Å². The highest BCUT2D eigenvalue weighted by Gasteiger charge is 2.18. The van der Waals surface area contributed by atoms with Crippen LogP contribution in [0.2, 0.25) is 0 Å². The van der Waals surface area contributed by atoms with E-state index in [4.69, 9.17) is 5.11 Å². The lowest BCUT2D eigenvalue weighted by atomic mass is 9.99.